The van der Waals surface area contributed by atoms with Gasteiger partial charge in [0.1, 0.15) is 24.2 Å². The van der Waals surface area contributed by atoms with Crippen LogP contribution in [-0.4, -0.2) is 66.2 Å². The molecule has 0 aromatic heterocycles. The summed E-state index contributed by atoms with van der Waals surface area (Å²) in [7, 11) is 0. The minimum Gasteiger partial charge on any atom is -0.491 e. The lowest BCUT2D eigenvalue weighted by Crippen LogP contribution is -2.57. The zero-order chi connectivity index (χ0) is 32.0. The molecule has 3 aromatic carbocycles. The van der Waals surface area contributed by atoms with Gasteiger partial charge in [-0.05, 0) is 75.5 Å². The van der Waals surface area contributed by atoms with Gasteiger partial charge in [0.05, 0.1) is 6.10 Å². The van der Waals surface area contributed by atoms with E-state index in [4.69, 9.17) is 14.2 Å². The summed E-state index contributed by atoms with van der Waals surface area (Å²) in [4.78, 5) is 29.1. The summed E-state index contributed by atoms with van der Waals surface area (Å²) < 4.78 is 57.1. The molecule has 10 heteroatoms. The maximum atomic E-state index is 13.4. The van der Waals surface area contributed by atoms with E-state index < -0.39 is 23.7 Å². The number of halogens is 3. The van der Waals surface area contributed by atoms with Gasteiger partial charge in [-0.25, -0.2) is 4.79 Å². The van der Waals surface area contributed by atoms with E-state index in [1.807, 2.05) is 73.3 Å². The van der Waals surface area contributed by atoms with Gasteiger partial charge in [-0.15, -0.1) is 0 Å². The molecule has 0 saturated carbocycles. The summed E-state index contributed by atoms with van der Waals surface area (Å²) in [5, 5.41) is 0. The van der Waals surface area contributed by atoms with Crippen molar-refractivity contribution < 1.29 is 37.0 Å². The molecule has 2 fully saturated rings. The molecule has 2 aliphatic heterocycles. The van der Waals surface area contributed by atoms with Gasteiger partial charge in [-0.1, -0.05) is 48.5 Å². The quantitative estimate of drug-likeness (QED) is 0.248. The molecule has 2 heterocycles. The van der Waals surface area contributed by atoms with E-state index in [0.717, 1.165) is 11.1 Å². The van der Waals surface area contributed by atoms with Gasteiger partial charge in [0, 0.05) is 42.7 Å². The first-order valence-corrected chi connectivity index (χ1v) is 15.3. The van der Waals surface area contributed by atoms with Crippen molar-refractivity contribution in [2.24, 2.45) is 5.41 Å². The van der Waals surface area contributed by atoms with Gasteiger partial charge >= 0.3 is 12.1 Å². The van der Waals surface area contributed by atoms with E-state index in [2.05, 4.69) is 0 Å². The number of hydrogen-bond acceptors (Lipinski definition) is 6. The Bertz CT molecular complexity index is 1440. The average Bonchev–Trinajstić information content (AvgIpc) is 3.02. The van der Waals surface area contributed by atoms with E-state index in [-0.39, 0.29) is 18.6 Å². The lowest BCUT2D eigenvalue weighted by atomic mass is 9.69. The maximum absolute atomic E-state index is 13.4. The van der Waals surface area contributed by atoms with Crippen LogP contribution in [0.5, 0.6) is 11.5 Å². The molecule has 7 nitrogen and oxygen atoms in total. The summed E-state index contributed by atoms with van der Waals surface area (Å²) in [5.74, 6) is -0.955. The van der Waals surface area contributed by atoms with Crippen LogP contribution in [0.25, 0.3) is 0 Å². The van der Waals surface area contributed by atoms with Gasteiger partial charge in [-0.3, -0.25) is 9.69 Å². The number of esters is 1. The Kier molecular flexibility index (Phi) is 10.0. The van der Waals surface area contributed by atoms with E-state index >= 15 is 0 Å². The van der Waals surface area contributed by atoms with Crippen molar-refractivity contribution in [2.75, 3.05) is 26.2 Å². The Morgan fingerprint density at radius 2 is 1.53 bits per heavy atom. The van der Waals surface area contributed by atoms with Crippen LogP contribution in [0.3, 0.4) is 0 Å². The number of benzene rings is 3. The Balaban J connectivity index is 1.26. The number of carbonyl (C=O) groups is 2. The van der Waals surface area contributed by atoms with Gasteiger partial charge < -0.3 is 19.1 Å². The Hall–Kier alpha value is -4.05. The fourth-order valence-electron chi connectivity index (χ4n) is 6.17. The number of likely N-dealkylation sites (tertiary alicyclic amines) is 2. The van der Waals surface area contributed by atoms with Crippen LogP contribution >= 0.6 is 0 Å². The first kappa shape index (κ1) is 32.3. The maximum Gasteiger partial charge on any atom is 0.490 e. The van der Waals surface area contributed by atoms with E-state index in [1.54, 1.807) is 29.2 Å². The first-order valence-electron chi connectivity index (χ1n) is 15.3. The topological polar surface area (TPSA) is 68.3 Å². The summed E-state index contributed by atoms with van der Waals surface area (Å²) in [6.45, 7) is 6.15. The predicted octanol–water partition coefficient (Wildman–Crippen LogP) is 6.66. The van der Waals surface area contributed by atoms with Crippen molar-refractivity contribution >= 4 is 11.9 Å². The third-order valence-corrected chi connectivity index (χ3v) is 8.64. The standard InChI is InChI=1S/C35H39F3N2O5/c1-25(2)44-29-14-12-27(13-15-29)32(41)40-20-17-34(18-21-40)16-19-39(23-31(34)45-33(42)35(36,37)38)22-28-10-6-7-11-30(28)43-24-26-8-4-3-5-9-26/h3-15,25,31H,16-24H2,1-2H3. The van der Waals surface area contributed by atoms with Crippen LogP contribution in [0.15, 0.2) is 78.9 Å². The molecule has 2 aliphatic rings. The van der Waals surface area contributed by atoms with Crippen molar-refractivity contribution in [2.45, 2.75) is 64.6 Å². The largest absolute Gasteiger partial charge is 0.491 e. The van der Waals surface area contributed by atoms with Gasteiger partial charge in [0.15, 0.2) is 0 Å². The number of para-hydroxylation sites is 1. The molecular weight excluding hydrogens is 585 g/mol. The molecule has 0 N–H and O–H groups in total. The van der Waals surface area contributed by atoms with Crippen LogP contribution in [0.4, 0.5) is 13.2 Å². The smallest absolute Gasteiger partial charge is 0.490 e. The fraction of sp³-hybridized carbons (Fsp3) is 0.429. The number of rotatable bonds is 9. The summed E-state index contributed by atoms with van der Waals surface area (Å²) in [6.07, 6.45) is -4.63. The molecule has 5 rings (SSSR count). The molecule has 240 valence electrons. The SMILES string of the molecule is CC(C)Oc1ccc(C(=O)N2CCC3(CCN(Cc4ccccc4OCc4ccccc4)CC3OC(=O)C(F)(F)F)CC2)cc1. The highest BCUT2D eigenvalue weighted by Gasteiger charge is 2.51. The van der Waals surface area contributed by atoms with Crippen LogP contribution in [0.2, 0.25) is 0 Å². The number of amides is 1. The molecule has 1 amide bonds. The molecule has 1 spiro atoms. The second-order valence-electron chi connectivity index (χ2n) is 12.1. The van der Waals surface area contributed by atoms with E-state index in [1.165, 1.54) is 0 Å². The van der Waals surface area contributed by atoms with Gasteiger partial charge in [0.25, 0.3) is 5.91 Å². The number of piperidine rings is 2. The lowest BCUT2D eigenvalue weighted by Gasteiger charge is -2.51. The minimum atomic E-state index is -5.09. The van der Waals surface area contributed by atoms with Crippen molar-refractivity contribution in [3.8, 4) is 11.5 Å². The van der Waals surface area contributed by atoms with Crippen molar-refractivity contribution in [1.82, 2.24) is 9.80 Å². The van der Waals surface area contributed by atoms with Crippen molar-refractivity contribution in [3.63, 3.8) is 0 Å². The molecule has 0 aliphatic carbocycles. The highest BCUT2D eigenvalue weighted by atomic mass is 19.4. The van der Waals surface area contributed by atoms with Crippen molar-refractivity contribution in [3.05, 3.63) is 95.6 Å². The first-order chi connectivity index (χ1) is 21.5. The minimum absolute atomic E-state index is 0.0124. The Labute approximate surface area is 261 Å². The van der Waals surface area contributed by atoms with Crippen LogP contribution in [0, 0.1) is 5.41 Å². The van der Waals surface area contributed by atoms with Crippen LogP contribution < -0.4 is 9.47 Å². The number of carbonyl (C=O) groups excluding carboxylic acids is 2. The lowest BCUT2D eigenvalue weighted by molar-refractivity contribution is -0.216. The molecular formula is C35H39F3N2O5. The second kappa shape index (κ2) is 13.9. The van der Waals surface area contributed by atoms with E-state index in [9.17, 15) is 22.8 Å². The zero-order valence-corrected chi connectivity index (χ0v) is 25.6. The Morgan fingerprint density at radius 3 is 2.20 bits per heavy atom. The highest BCUT2D eigenvalue weighted by molar-refractivity contribution is 5.94. The summed E-state index contributed by atoms with van der Waals surface area (Å²) in [5.41, 5.74) is 1.78. The highest BCUT2D eigenvalue weighted by Crippen LogP contribution is 2.44. The molecule has 3 aromatic rings. The number of hydrogen-bond donors (Lipinski definition) is 0. The summed E-state index contributed by atoms with van der Waals surface area (Å²) >= 11 is 0. The third kappa shape index (κ3) is 8.16. The van der Waals surface area contributed by atoms with Crippen LogP contribution in [0.1, 0.15) is 54.6 Å². The van der Waals surface area contributed by atoms with Crippen LogP contribution in [-0.2, 0) is 22.7 Å². The fourth-order valence-corrected chi connectivity index (χ4v) is 6.17. The van der Waals surface area contributed by atoms with Gasteiger partial charge in [0.2, 0.25) is 0 Å². The third-order valence-electron chi connectivity index (χ3n) is 8.64. The van der Waals surface area contributed by atoms with E-state index in [0.29, 0.717) is 69.1 Å². The molecule has 45 heavy (non-hydrogen) atoms. The monoisotopic (exact) mass is 624 g/mol. The number of nitrogens with zero attached hydrogens (tertiary/aromatic N) is 2. The second-order valence-corrected chi connectivity index (χ2v) is 12.1. The molecule has 0 radical (unpaired) electrons. The average molecular weight is 625 g/mol. The van der Waals surface area contributed by atoms with Gasteiger partial charge in [-0.2, -0.15) is 13.2 Å². The number of alkyl halides is 3. The predicted molar refractivity (Wildman–Crippen MR) is 163 cm³/mol. The normalized spacial score (nSPS) is 18.5. The van der Waals surface area contributed by atoms with Crippen molar-refractivity contribution in [1.29, 1.82) is 0 Å². The molecule has 2 saturated heterocycles. The zero-order valence-electron chi connectivity index (χ0n) is 25.6. The molecule has 1 atom stereocenters. The summed E-state index contributed by atoms with van der Waals surface area (Å²) in [6, 6.07) is 24.3. The molecule has 1 unspecified atom stereocenters. The Morgan fingerprint density at radius 1 is 0.889 bits per heavy atom. The molecule has 0 bridgehead atoms. The number of ether oxygens (including phenoxy) is 3.